The molecule has 0 spiro atoms. The van der Waals surface area contributed by atoms with Crippen molar-refractivity contribution in [3.63, 3.8) is 0 Å². The van der Waals surface area contributed by atoms with E-state index in [2.05, 4.69) is 0 Å². The number of carboxylic acids is 3. The standard InChI is InChI=1S/C10H10O4.C3H6O3/c1-2-6-4-3-5-7(9(11)12)8(6)10(13)14;1-2(4)3(5)6/h3-5H,2H2,1H3,(H,11,12)(H,13,14);2,4H,1H3,(H,5,6). The molecule has 1 unspecified atom stereocenters. The van der Waals surface area contributed by atoms with Crippen LogP contribution in [-0.2, 0) is 11.2 Å². The molecule has 0 heterocycles. The molecule has 1 rings (SSSR count). The number of rotatable bonds is 4. The second-order valence-electron chi connectivity index (χ2n) is 3.82. The quantitative estimate of drug-likeness (QED) is 0.650. The maximum Gasteiger partial charge on any atom is 0.336 e. The average Bonchev–Trinajstić information content (AvgIpc) is 2.37. The van der Waals surface area contributed by atoms with E-state index < -0.39 is 24.0 Å². The van der Waals surface area contributed by atoms with Crippen LogP contribution in [-0.4, -0.2) is 44.4 Å². The SMILES string of the molecule is CC(O)C(=O)O.CCc1cccc(C(=O)O)c1C(=O)O. The van der Waals surface area contributed by atoms with Crippen LogP contribution in [0.5, 0.6) is 0 Å². The highest BCUT2D eigenvalue weighted by atomic mass is 16.4. The zero-order chi connectivity index (χ0) is 15.9. The lowest BCUT2D eigenvalue weighted by atomic mass is 9.99. The number of aromatic carboxylic acids is 2. The Labute approximate surface area is 115 Å². The van der Waals surface area contributed by atoms with Gasteiger partial charge < -0.3 is 20.4 Å². The van der Waals surface area contributed by atoms with E-state index in [1.165, 1.54) is 13.0 Å². The topological polar surface area (TPSA) is 132 Å². The van der Waals surface area contributed by atoms with E-state index in [9.17, 15) is 14.4 Å². The molecule has 1 atom stereocenters. The Bertz CT molecular complexity index is 505. The Hall–Kier alpha value is -2.41. The minimum Gasteiger partial charge on any atom is -0.479 e. The first-order valence-electron chi connectivity index (χ1n) is 5.71. The summed E-state index contributed by atoms with van der Waals surface area (Å²) in [5.74, 6) is -3.59. The molecule has 0 aliphatic heterocycles. The smallest absolute Gasteiger partial charge is 0.336 e. The van der Waals surface area contributed by atoms with Gasteiger partial charge in [0.25, 0.3) is 0 Å². The first kappa shape index (κ1) is 17.6. The number of carbonyl (C=O) groups is 3. The minimum atomic E-state index is -1.23. The summed E-state index contributed by atoms with van der Waals surface area (Å²) < 4.78 is 0. The molecule has 0 aromatic heterocycles. The third kappa shape index (κ3) is 5.07. The van der Waals surface area contributed by atoms with E-state index in [0.29, 0.717) is 12.0 Å². The highest BCUT2D eigenvalue weighted by Crippen LogP contribution is 2.15. The van der Waals surface area contributed by atoms with Crippen molar-refractivity contribution in [2.24, 2.45) is 0 Å². The van der Waals surface area contributed by atoms with Crippen molar-refractivity contribution in [3.05, 3.63) is 34.9 Å². The molecule has 0 aliphatic carbocycles. The van der Waals surface area contributed by atoms with Crippen molar-refractivity contribution in [1.82, 2.24) is 0 Å². The van der Waals surface area contributed by atoms with Gasteiger partial charge in [-0.15, -0.1) is 0 Å². The lowest BCUT2D eigenvalue weighted by molar-refractivity contribution is -0.145. The van der Waals surface area contributed by atoms with Gasteiger partial charge in [-0.25, -0.2) is 14.4 Å². The van der Waals surface area contributed by atoms with Gasteiger partial charge in [0.1, 0.15) is 6.10 Å². The molecule has 0 fully saturated rings. The van der Waals surface area contributed by atoms with Crippen LogP contribution in [0.3, 0.4) is 0 Å². The predicted octanol–water partition coefficient (Wildman–Crippen LogP) is 1.10. The molecule has 7 nitrogen and oxygen atoms in total. The number of aliphatic carboxylic acids is 1. The van der Waals surface area contributed by atoms with Gasteiger partial charge in [-0.1, -0.05) is 19.1 Å². The van der Waals surface area contributed by atoms with E-state index in [0.717, 1.165) is 0 Å². The van der Waals surface area contributed by atoms with Gasteiger partial charge in [0.2, 0.25) is 0 Å². The molecule has 4 N–H and O–H groups in total. The molecule has 0 saturated carbocycles. The third-order valence-corrected chi connectivity index (χ3v) is 2.33. The van der Waals surface area contributed by atoms with Crippen molar-refractivity contribution < 1.29 is 34.8 Å². The predicted molar refractivity (Wildman–Crippen MR) is 69.1 cm³/mol. The lowest BCUT2D eigenvalue weighted by Crippen LogP contribution is -2.13. The van der Waals surface area contributed by atoms with Crippen LogP contribution in [0, 0.1) is 0 Å². The van der Waals surface area contributed by atoms with Crippen molar-refractivity contribution in [1.29, 1.82) is 0 Å². The largest absolute Gasteiger partial charge is 0.479 e. The summed E-state index contributed by atoms with van der Waals surface area (Å²) in [5.41, 5.74) is 0.275. The Morgan fingerprint density at radius 3 is 1.90 bits per heavy atom. The Balaban J connectivity index is 0.000000511. The maximum atomic E-state index is 10.8. The van der Waals surface area contributed by atoms with Gasteiger partial charge in [0.05, 0.1) is 11.1 Å². The number of benzene rings is 1. The second-order valence-corrected chi connectivity index (χ2v) is 3.82. The number of aliphatic hydroxyl groups is 1. The zero-order valence-corrected chi connectivity index (χ0v) is 11.0. The third-order valence-electron chi connectivity index (χ3n) is 2.33. The molecule has 0 radical (unpaired) electrons. The summed E-state index contributed by atoms with van der Waals surface area (Å²) in [6, 6.07) is 4.47. The molecule has 0 saturated heterocycles. The number of aryl methyl sites for hydroxylation is 1. The lowest BCUT2D eigenvalue weighted by Gasteiger charge is -2.06. The number of hydrogen-bond acceptors (Lipinski definition) is 4. The fourth-order valence-corrected chi connectivity index (χ4v) is 1.33. The van der Waals surface area contributed by atoms with E-state index in [1.54, 1.807) is 19.1 Å². The highest BCUT2D eigenvalue weighted by Gasteiger charge is 2.18. The molecular formula is C13H16O7. The monoisotopic (exact) mass is 284 g/mol. The van der Waals surface area contributed by atoms with Crippen LogP contribution in [0.2, 0.25) is 0 Å². The van der Waals surface area contributed by atoms with Crippen molar-refractivity contribution >= 4 is 17.9 Å². The Kier molecular flexibility index (Phi) is 6.95. The van der Waals surface area contributed by atoms with E-state index >= 15 is 0 Å². The summed E-state index contributed by atoms with van der Waals surface area (Å²) in [6.45, 7) is 2.98. The van der Waals surface area contributed by atoms with Crippen molar-refractivity contribution in [2.75, 3.05) is 0 Å². The fourth-order valence-electron chi connectivity index (χ4n) is 1.33. The van der Waals surface area contributed by atoms with Crippen LogP contribution in [0.1, 0.15) is 40.1 Å². The molecular weight excluding hydrogens is 268 g/mol. The van der Waals surface area contributed by atoms with Gasteiger partial charge in [0, 0.05) is 0 Å². The van der Waals surface area contributed by atoms with Gasteiger partial charge in [0.15, 0.2) is 0 Å². The second kappa shape index (κ2) is 7.90. The summed E-state index contributed by atoms with van der Waals surface area (Å²) in [7, 11) is 0. The van der Waals surface area contributed by atoms with Gasteiger partial charge in [-0.05, 0) is 25.0 Å². The molecule has 1 aromatic carbocycles. The molecule has 1 aromatic rings. The number of carboxylic acid groups (broad SMARTS) is 3. The van der Waals surface area contributed by atoms with Crippen LogP contribution in [0.15, 0.2) is 18.2 Å². The molecule has 0 aliphatic rings. The van der Waals surface area contributed by atoms with Gasteiger partial charge in [-0.3, -0.25) is 0 Å². The Morgan fingerprint density at radius 2 is 1.60 bits per heavy atom. The normalized spacial score (nSPS) is 10.9. The molecule has 7 heteroatoms. The summed E-state index contributed by atoms with van der Waals surface area (Å²) in [4.78, 5) is 31.0. The van der Waals surface area contributed by atoms with Crippen molar-refractivity contribution in [3.8, 4) is 0 Å². The minimum absolute atomic E-state index is 0.109. The first-order chi connectivity index (χ1) is 9.22. The van der Waals surface area contributed by atoms with Crippen LogP contribution in [0.4, 0.5) is 0 Å². The summed E-state index contributed by atoms with van der Waals surface area (Å²) in [5, 5.41) is 33.4. The summed E-state index contributed by atoms with van der Waals surface area (Å²) in [6.07, 6.45) is -0.729. The average molecular weight is 284 g/mol. The van der Waals surface area contributed by atoms with Crippen LogP contribution in [0.25, 0.3) is 0 Å². The molecule has 0 bridgehead atoms. The number of hydrogen-bond donors (Lipinski definition) is 4. The van der Waals surface area contributed by atoms with E-state index in [-0.39, 0.29) is 11.1 Å². The van der Waals surface area contributed by atoms with E-state index in [1.807, 2.05) is 0 Å². The highest BCUT2D eigenvalue weighted by molar-refractivity contribution is 6.02. The van der Waals surface area contributed by atoms with Crippen LogP contribution < -0.4 is 0 Å². The fraction of sp³-hybridized carbons (Fsp3) is 0.308. The first-order valence-corrected chi connectivity index (χ1v) is 5.71. The number of aliphatic hydroxyl groups excluding tert-OH is 1. The Morgan fingerprint density at radius 1 is 1.10 bits per heavy atom. The zero-order valence-electron chi connectivity index (χ0n) is 11.0. The van der Waals surface area contributed by atoms with E-state index in [4.69, 9.17) is 20.4 Å². The van der Waals surface area contributed by atoms with Crippen LogP contribution >= 0.6 is 0 Å². The molecule has 20 heavy (non-hydrogen) atoms. The molecule has 0 amide bonds. The maximum absolute atomic E-state index is 10.8. The molecule has 110 valence electrons. The summed E-state index contributed by atoms with van der Waals surface area (Å²) >= 11 is 0. The van der Waals surface area contributed by atoms with Gasteiger partial charge >= 0.3 is 17.9 Å². The van der Waals surface area contributed by atoms with Crippen molar-refractivity contribution in [2.45, 2.75) is 26.4 Å². The van der Waals surface area contributed by atoms with Gasteiger partial charge in [-0.2, -0.15) is 0 Å².